The molecule has 1 saturated carbocycles. The van der Waals surface area contributed by atoms with Crippen molar-refractivity contribution in [3.63, 3.8) is 0 Å². The second-order valence-electron chi connectivity index (χ2n) is 6.88. The van der Waals surface area contributed by atoms with E-state index in [1.165, 1.54) is 18.4 Å². The van der Waals surface area contributed by atoms with Gasteiger partial charge >= 0.3 is 0 Å². The van der Waals surface area contributed by atoms with Crippen molar-refractivity contribution < 1.29 is 0 Å². The highest BCUT2D eigenvalue weighted by Crippen LogP contribution is 2.39. The number of hydrogen-bond acceptors (Lipinski definition) is 6. The van der Waals surface area contributed by atoms with E-state index < -0.39 is 0 Å². The van der Waals surface area contributed by atoms with E-state index in [9.17, 15) is 0 Å². The second-order valence-corrected chi connectivity index (χ2v) is 6.88. The number of pyridine rings is 1. The topological polar surface area (TPSA) is 68.9 Å². The highest BCUT2D eigenvalue weighted by molar-refractivity contribution is 5.52. The van der Waals surface area contributed by atoms with Crippen LogP contribution >= 0.6 is 0 Å². The Morgan fingerprint density at radius 1 is 1.04 bits per heavy atom. The molecule has 0 spiro atoms. The predicted octanol–water partition coefficient (Wildman–Crippen LogP) is 2.56. The molecule has 1 saturated heterocycles. The van der Waals surface area contributed by atoms with Crippen LogP contribution in [0.15, 0.2) is 18.3 Å². The molecule has 4 rings (SSSR count). The summed E-state index contributed by atoms with van der Waals surface area (Å²) in [4.78, 5) is 18.4. The summed E-state index contributed by atoms with van der Waals surface area (Å²) >= 11 is 0. The molecule has 0 amide bonds. The van der Waals surface area contributed by atoms with Crippen LogP contribution in [0.3, 0.4) is 0 Å². The van der Waals surface area contributed by atoms with Gasteiger partial charge in [0.15, 0.2) is 0 Å². The number of aromatic nitrogens is 3. The van der Waals surface area contributed by atoms with Crippen molar-refractivity contribution in [1.29, 1.82) is 5.26 Å². The monoisotopic (exact) mass is 334 g/mol. The van der Waals surface area contributed by atoms with Gasteiger partial charge in [0.05, 0.1) is 11.9 Å². The molecule has 1 aliphatic heterocycles. The summed E-state index contributed by atoms with van der Waals surface area (Å²) in [6, 6.07) is 5.82. The molecule has 6 heteroatoms. The summed E-state index contributed by atoms with van der Waals surface area (Å²) < 4.78 is 0. The van der Waals surface area contributed by atoms with E-state index in [2.05, 4.69) is 39.7 Å². The average Bonchev–Trinajstić information content (AvgIpc) is 3.49. The molecule has 2 aliphatic rings. The molecule has 0 aromatic carbocycles. The molecule has 3 heterocycles. The van der Waals surface area contributed by atoms with Crippen LogP contribution in [-0.2, 0) is 0 Å². The zero-order valence-corrected chi connectivity index (χ0v) is 14.7. The molecule has 0 radical (unpaired) electrons. The van der Waals surface area contributed by atoms with E-state index in [1.54, 1.807) is 12.3 Å². The number of rotatable bonds is 3. The first-order valence-electron chi connectivity index (χ1n) is 8.87. The van der Waals surface area contributed by atoms with Gasteiger partial charge in [-0.3, -0.25) is 0 Å². The van der Waals surface area contributed by atoms with E-state index in [0.29, 0.717) is 11.6 Å². The Hall–Kier alpha value is -2.68. The second kappa shape index (κ2) is 6.32. The quantitative estimate of drug-likeness (QED) is 0.859. The predicted molar refractivity (Wildman–Crippen MR) is 96.9 cm³/mol. The van der Waals surface area contributed by atoms with Gasteiger partial charge in [-0.05, 0) is 38.8 Å². The lowest BCUT2D eigenvalue weighted by atomic mass is 10.2. The van der Waals surface area contributed by atoms with Crippen LogP contribution in [-0.4, -0.2) is 41.1 Å². The minimum Gasteiger partial charge on any atom is -0.367 e. The minimum atomic E-state index is 0.460. The van der Waals surface area contributed by atoms with Crippen molar-refractivity contribution in [2.24, 2.45) is 0 Å². The van der Waals surface area contributed by atoms with E-state index in [0.717, 1.165) is 49.2 Å². The molecule has 2 aromatic heterocycles. The SMILES string of the molecule is Cc1nc(C2CC2)nc(N2CCN(c3ccc(C#N)nc3)CC2)c1C. The summed E-state index contributed by atoms with van der Waals surface area (Å²) in [7, 11) is 0. The minimum absolute atomic E-state index is 0.460. The number of aryl methyl sites for hydroxylation is 1. The Morgan fingerprint density at radius 3 is 2.36 bits per heavy atom. The largest absolute Gasteiger partial charge is 0.367 e. The number of nitriles is 1. The molecule has 25 heavy (non-hydrogen) atoms. The molecule has 0 bridgehead atoms. The number of nitrogens with zero attached hydrogens (tertiary/aromatic N) is 6. The molecular formula is C19H22N6. The molecule has 6 nitrogen and oxygen atoms in total. The molecule has 2 aromatic rings. The highest BCUT2D eigenvalue weighted by atomic mass is 15.3. The van der Waals surface area contributed by atoms with Gasteiger partial charge in [-0.25, -0.2) is 15.0 Å². The summed E-state index contributed by atoms with van der Waals surface area (Å²) in [5.74, 6) is 2.70. The molecule has 0 unspecified atom stereocenters. The number of anilines is 2. The molecule has 2 fully saturated rings. The third-order valence-electron chi connectivity index (χ3n) is 5.13. The standard InChI is InChI=1S/C19H22N6/c1-13-14(2)22-18(15-3-4-15)23-19(13)25-9-7-24(8-10-25)17-6-5-16(11-20)21-12-17/h5-6,12,15H,3-4,7-10H2,1-2H3. The van der Waals surface area contributed by atoms with Crippen LogP contribution in [0.25, 0.3) is 0 Å². The number of piperazine rings is 1. The van der Waals surface area contributed by atoms with Gasteiger partial charge in [0.25, 0.3) is 0 Å². The molecular weight excluding hydrogens is 312 g/mol. The fraction of sp³-hybridized carbons (Fsp3) is 0.474. The third-order valence-corrected chi connectivity index (χ3v) is 5.13. The molecule has 0 atom stereocenters. The van der Waals surface area contributed by atoms with Crippen molar-refractivity contribution in [2.75, 3.05) is 36.0 Å². The maximum atomic E-state index is 8.87. The Morgan fingerprint density at radius 2 is 1.76 bits per heavy atom. The zero-order chi connectivity index (χ0) is 17.4. The van der Waals surface area contributed by atoms with Crippen LogP contribution in [0.2, 0.25) is 0 Å². The van der Waals surface area contributed by atoms with Crippen molar-refractivity contribution in [3.8, 4) is 6.07 Å². The van der Waals surface area contributed by atoms with Crippen molar-refractivity contribution in [3.05, 3.63) is 41.1 Å². The van der Waals surface area contributed by atoms with E-state index >= 15 is 0 Å². The zero-order valence-electron chi connectivity index (χ0n) is 14.7. The Kier molecular flexibility index (Phi) is 4.00. The lowest BCUT2D eigenvalue weighted by molar-refractivity contribution is 0.641. The van der Waals surface area contributed by atoms with Crippen LogP contribution in [0.4, 0.5) is 11.5 Å². The van der Waals surface area contributed by atoms with E-state index in [1.807, 2.05) is 6.07 Å². The Labute approximate surface area is 148 Å². The van der Waals surface area contributed by atoms with Crippen LogP contribution in [0.5, 0.6) is 0 Å². The van der Waals surface area contributed by atoms with Crippen molar-refractivity contribution in [1.82, 2.24) is 15.0 Å². The van der Waals surface area contributed by atoms with Gasteiger partial charge in [-0.1, -0.05) is 0 Å². The highest BCUT2D eigenvalue weighted by Gasteiger charge is 2.29. The fourth-order valence-corrected chi connectivity index (χ4v) is 3.28. The third kappa shape index (κ3) is 3.14. The van der Waals surface area contributed by atoms with Gasteiger partial charge in [0.2, 0.25) is 0 Å². The van der Waals surface area contributed by atoms with Gasteiger partial charge < -0.3 is 9.80 Å². The summed E-state index contributed by atoms with van der Waals surface area (Å²) in [5.41, 5.74) is 3.83. The van der Waals surface area contributed by atoms with Crippen LogP contribution in [0, 0.1) is 25.2 Å². The van der Waals surface area contributed by atoms with Crippen LogP contribution < -0.4 is 9.80 Å². The summed E-state index contributed by atoms with van der Waals surface area (Å²) in [6.07, 6.45) is 4.24. The van der Waals surface area contributed by atoms with Gasteiger partial charge in [0.1, 0.15) is 23.4 Å². The summed E-state index contributed by atoms with van der Waals surface area (Å²) in [6.45, 7) is 7.93. The first-order chi connectivity index (χ1) is 12.2. The Balaban J connectivity index is 1.49. The first kappa shape index (κ1) is 15.8. The van der Waals surface area contributed by atoms with Gasteiger partial charge in [-0.2, -0.15) is 5.26 Å². The van der Waals surface area contributed by atoms with E-state index in [-0.39, 0.29) is 0 Å². The lowest BCUT2D eigenvalue weighted by Crippen LogP contribution is -2.47. The normalized spacial score (nSPS) is 17.5. The first-order valence-corrected chi connectivity index (χ1v) is 8.87. The molecule has 1 aliphatic carbocycles. The van der Waals surface area contributed by atoms with Gasteiger partial charge in [-0.15, -0.1) is 0 Å². The van der Waals surface area contributed by atoms with E-state index in [4.69, 9.17) is 10.2 Å². The summed E-state index contributed by atoms with van der Waals surface area (Å²) in [5, 5.41) is 8.87. The smallest absolute Gasteiger partial charge is 0.140 e. The van der Waals surface area contributed by atoms with Crippen LogP contribution in [0.1, 0.15) is 41.5 Å². The Bertz CT molecular complexity index is 811. The van der Waals surface area contributed by atoms with Crippen molar-refractivity contribution in [2.45, 2.75) is 32.6 Å². The average molecular weight is 334 g/mol. The number of hydrogen-bond donors (Lipinski definition) is 0. The molecule has 128 valence electrons. The maximum Gasteiger partial charge on any atom is 0.140 e. The van der Waals surface area contributed by atoms with Gasteiger partial charge in [0, 0.05) is 43.4 Å². The fourth-order valence-electron chi connectivity index (χ4n) is 3.28. The molecule has 0 N–H and O–H groups in total. The van der Waals surface area contributed by atoms with Crippen molar-refractivity contribution >= 4 is 11.5 Å². The maximum absolute atomic E-state index is 8.87. The lowest BCUT2D eigenvalue weighted by Gasteiger charge is -2.37.